The van der Waals surface area contributed by atoms with E-state index in [0.717, 1.165) is 19.5 Å². The lowest BCUT2D eigenvalue weighted by atomic mass is 10.2. The lowest BCUT2D eigenvalue weighted by molar-refractivity contribution is 0.0942. The van der Waals surface area contributed by atoms with Crippen LogP contribution in [0.3, 0.4) is 0 Å². The van der Waals surface area contributed by atoms with E-state index in [9.17, 15) is 4.79 Å². The second-order valence-electron chi connectivity index (χ2n) is 4.43. The van der Waals surface area contributed by atoms with E-state index in [0.29, 0.717) is 22.7 Å². The number of rotatable bonds is 5. The molecule has 0 spiro atoms. The van der Waals surface area contributed by atoms with E-state index >= 15 is 0 Å². The van der Waals surface area contributed by atoms with Gasteiger partial charge in [-0.1, -0.05) is 11.3 Å². The maximum atomic E-state index is 11.9. The molecule has 2 N–H and O–H groups in total. The smallest absolute Gasteiger partial charge is 0.282 e. The maximum Gasteiger partial charge on any atom is 0.282 e. The lowest BCUT2D eigenvalue weighted by Gasteiger charge is -2.19. The van der Waals surface area contributed by atoms with Gasteiger partial charge < -0.3 is 15.5 Å². The molecule has 1 aromatic heterocycles. The fraction of sp³-hybridized carbons (Fsp3) is 0.727. The van der Waals surface area contributed by atoms with E-state index < -0.39 is 0 Å². The minimum atomic E-state index is -0.128. The molecule has 100 valence electrons. The van der Waals surface area contributed by atoms with Crippen molar-refractivity contribution in [3.05, 3.63) is 5.01 Å². The van der Waals surface area contributed by atoms with Crippen LogP contribution in [-0.2, 0) is 0 Å². The molecule has 0 saturated carbocycles. The Morgan fingerprint density at radius 2 is 2.39 bits per heavy atom. The third-order valence-corrected chi connectivity index (χ3v) is 4.00. The van der Waals surface area contributed by atoms with Gasteiger partial charge in [-0.05, 0) is 33.4 Å². The van der Waals surface area contributed by atoms with E-state index in [4.69, 9.17) is 0 Å². The molecule has 1 unspecified atom stereocenters. The predicted molar refractivity (Wildman–Crippen MR) is 72.1 cm³/mol. The first kappa shape index (κ1) is 13.2. The summed E-state index contributed by atoms with van der Waals surface area (Å²) in [5, 5.41) is 14.9. The van der Waals surface area contributed by atoms with Crippen LogP contribution >= 0.6 is 11.3 Å². The van der Waals surface area contributed by atoms with Crippen molar-refractivity contribution in [2.45, 2.75) is 25.8 Å². The Labute approximate surface area is 111 Å². The van der Waals surface area contributed by atoms with Crippen LogP contribution < -0.4 is 10.6 Å². The van der Waals surface area contributed by atoms with Crippen molar-refractivity contribution >= 4 is 22.4 Å². The molecule has 1 fully saturated rings. The number of nitrogens with zero attached hydrogens (tertiary/aromatic N) is 3. The average molecular weight is 269 g/mol. The number of aromatic nitrogens is 2. The van der Waals surface area contributed by atoms with Crippen LogP contribution in [0.2, 0.25) is 0 Å². The molecule has 1 amide bonds. The summed E-state index contributed by atoms with van der Waals surface area (Å²) in [6.07, 6.45) is 2.36. The van der Waals surface area contributed by atoms with Gasteiger partial charge in [0.1, 0.15) is 0 Å². The van der Waals surface area contributed by atoms with Crippen LogP contribution in [0.1, 0.15) is 29.6 Å². The summed E-state index contributed by atoms with van der Waals surface area (Å²) in [4.78, 5) is 14.2. The zero-order chi connectivity index (χ0) is 13.0. The Morgan fingerprint density at radius 1 is 1.56 bits per heavy atom. The van der Waals surface area contributed by atoms with Gasteiger partial charge in [0.2, 0.25) is 10.1 Å². The van der Waals surface area contributed by atoms with Gasteiger partial charge in [0.15, 0.2) is 0 Å². The van der Waals surface area contributed by atoms with Gasteiger partial charge >= 0.3 is 0 Å². The Morgan fingerprint density at radius 3 is 3.06 bits per heavy atom. The van der Waals surface area contributed by atoms with Crippen LogP contribution in [0.15, 0.2) is 0 Å². The van der Waals surface area contributed by atoms with Crippen molar-refractivity contribution in [3.8, 4) is 0 Å². The van der Waals surface area contributed by atoms with Crippen LogP contribution in [-0.4, -0.2) is 53.7 Å². The number of anilines is 1. The molecule has 0 aliphatic carbocycles. The fourth-order valence-electron chi connectivity index (χ4n) is 2.06. The van der Waals surface area contributed by atoms with Gasteiger partial charge in [-0.15, -0.1) is 10.2 Å². The third kappa shape index (κ3) is 3.17. The van der Waals surface area contributed by atoms with Crippen molar-refractivity contribution < 1.29 is 4.79 Å². The second-order valence-corrected chi connectivity index (χ2v) is 5.41. The monoisotopic (exact) mass is 269 g/mol. The highest BCUT2D eigenvalue weighted by Crippen LogP contribution is 2.16. The van der Waals surface area contributed by atoms with Crippen LogP contribution in [0.25, 0.3) is 0 Å². The van der Waals surface area contributed by atoms with Crippen molar-refractivity contribution in [1.82, 2.24) is 20.4 Å². The summed E-state index contributed by atoms with van der Waals surface area (Å²) >= 11 is 1.29. The molecule has 0 radical (unpaired) electrons. The van der Waals surface area contributed by atoms with Gasteiger partial charge in [-0.3, -0.25) is 4.79 Å². The molecule has 2 heterocycles. The molecule has 1 aromatic rings. The number of likely N-dealkylation sites (tertiary alicyclic amines) is 1. The molecule has 2 rings (SSSR count). The fourth-order valence-corrected chi connectivity index (χ4v) is 2.79. The molecular weight excluding hydrogens is 250 g/mol. The second kappa shape index (κ2) is 6.10. The standard InChI is InChI=1S/C11H19N5OS/c1-3-12-11-15-14-10(18-11)9(17)13-7-8-5-4-6-16(8)2/h8H,3-7H2,1-2H3,(H,12,15)(H,13,17). The van der Waals surface area contributed by atoms with Crippen LogP contribution in [0.5, 0.6) is 0 Å². The average Bonchev–Trinajstić information content (AvgIpc) is 2.96. The molecule has 18 heavy (non-hydrogen) atoms. The largest absolute Gasteiger partial charge is 0.360 e. The molecule has 1 saturated heterocycles. The van der Waals surface area contributed by atoms with Gasteiger partial charge in [-0.2, -0.15) is 0 Å². The summed E-state index contributed by atoms with van der Waals surface area (Å²) in [6, 6.07) is 0.454. The molecule has 7 heteroatoms. The van der Waals surface area contributed by atoms with Crippen molar-refractivity contribution in [2.75, 3.05) is 32.0 Å². The Bertz CT molecular complexity index is 408. The first-order valence-corrected chi connectivity index (χ1v) is 7.08. The normalized spacial score (nSPS) is 20.0. The quantitative estimate of drug-likeness (QED) is 0.827. The summed E-state index contributed by atoms with van der Waals surface area (Å²) in [5.41, 5.74) is 0. The van der Waals surface area contributed by atoms with Crippen LogP contribution in [0.4, 0.5) is 5.13 Å². The van der Waals surface area contributed by atoms with Crippen molar-refractivity contribution in [1.29, 1.82) is 0 Å². The first-order valence-electron chi connectivity index (χ1n) is 6.26. The summed E-state index contributed by atoms with van der Waals surface area (Å²) in [6.45, 7) is 4.57. The van der Waals surface area contributed by atoms with Gasteiger partial charge in [0.05, 0.1) is 0 Å². The minimum Gasteiger partial charge on any atom is -0.360 e. The number of nitrogens with one attached hydrogen (secondary N) is 2. The van der Waals surface area contributed by atoms with E-state index in [1.807, 2.05) is 6.92 Å². The highest BCUT2D eigenvalue weighted by Gasteiger charge is 2.22. The zero-order valence-electron chi connectivity index (χ0n) is 10.8. The molecule has 1 aliphatic rings. The van der Waals surface area contributed by atoms with E-state index in [1.54, 1.807) is 0 Å². The molecule has 1 aliphatic heterocycles. The number of hydrogen-bond donors (Lipinski definition) is 2. The van der Waals surface area contributed by atoms with E-state index in [2.05, 4.69) is 32.8 Å². The van der Waals surface area contributed by atoms with E-state index in [1.165, 1.54) is 17.8 Å². The molecular formula is C11H19N5OS. The molecule has 6 nitrogen and oxygen atoms in total. The van der Waals surface area contributed by atoms with E-state index in [-0.39, 0.29) is 5.91 Å². The number of amides is 1. The highest BCUT2D eigenvalue weighted by molar-refractivity contribution is 7.17. The lowest BCUT2D eigenvalue weighted by Crippen LogP contribution is -2.38. The first-order chi connectivity index (χ1) is 8.70. The highest BCUT2D eigenvalue weighted by atomic mass is 32.1. The molecule has 1 atom stereocenters. The number of carbonyl (C=O) groups excluding carboxylic acids is 1. The maximum absolute atomic E-state index is 11.9. The van der Waals surface area contributed by atoms with Gasteiger partial charge in [-0.25, -0.2) is 0 Å². The van der Waals surface area contributed by atoms with Crippen molar-refractivity contribution in [2.24, 2.45) is 0 Å². The molecule has 0 aromatic carbocycles. The Hall–Kier alpha value is -1.21. The van der Waals surface area contributed by atoms with Crippen molar-refractivity contribution in [3.63, 3.8) is 0 Å². The summed E-state index contributed by atoms with van der Waals surface area (Å²) in [5.74, 6) is -0.128. The summed E-state index contributed by atoms with van der Waals surface area (Å²) in [7, 11) is 2.10. The Kier molecular flexibility index (Phi) is 4.48. The predicted octanol–water partition coefficient (Wildman–Crippen LogP) is 0.794. The third-order valence-electron chi connectivity index (χ3n) is 3.12. The van der Waals surface area contributed by atoms with Gasteiger partial charge in [0, 0.05) is 19.1 Å². The number of likely N-dealkylation sites (N-methyl/N-ethyl adjacent to an activating group) is 1. The summed E-state index contributed by atoms with van der Waals surface area (Å²) < 4.78 is 0. The Balaban J connectivity index is 1.83. The van der Waals surface area contributed by atoms with Gasteiger partial charge in [0.25, 0.3) is 5.91 Å². The van der Waals surface area contributed by atoms with Crippen LogP contribution in [0, 0.1) is 0 Å². The topological polar surface area (TPSA) is 70.1 Å². The SMILES string of the molecule is CCNc1nnc(C(=O)NCC2CCCN2C)s1. The molecule has 0 bridgehead atoms. The zero-order valence-corrected chi connectivity index (χ0v) is 11.6. The minimum absolute atomic E-state index is 0.128. The number of carbonyl (C=O) groups is 1. The number of hydrogen-bond acceptors (Lipinski definition) is 6.